The predicted octanol–water partition coefficient (Wildman–Crippen LogP) is 3.71. The molecule has 7 nitrogen and oxygen atoms in total. The lowest BCUT2D eigenvalue weighted by molar-refractivity contribution is -0.158. The van der Waals surface area contributed by atoms with E-state index in [1.54, 1.807) is 11.2 Å². The largest absolute Gasteiger partial charge is 0.464 e. The molecule has 1 amide bonds. The topological polar surface area (TPSA) is 81.4 Å². The predicted molar refractivity (Wildman–Crippen MR) is 121 cm³/mol. The number of aliphatic hydroxyl groups excluding tert-OH is 1. The molecule has 2 aliphatic rings. The van der Waals surface area contributed by atoms with Crippen molar-refractivity contribution in [2.24, 2.45) is 0 Å². The Morgan fingerprint density at radius 2 is 1.82 bits per heavy atom. The number of hydrogen-bond donors (Lipinski definition) is 1. The Hall–Kier alpha value is -3.13. The zero-order chi connectivity index (χ0) is 22.6. The molecule has 33 heavy (non-hydrogen) atoms. The fraction of sp³-hybridized carbons (Fsp3) is 0.346. The van der Waals surface area contributed by atoms with Crippen LogP contribution in [-0.4, -0.2) is 48.5 Å². The number of rotatable bonds is 6. The second-order valence-corrected chi connectivity index (χ2v) is 8.30. The maximum Gasteiger partial charge on any atom is 0.288 e. The van der Waals surface area contributed by atoms with Crippen LogP contribution in [0.3, 0.4) is 0 Å². The highest BCUT2D eigenvalue weighted by molar-refractivity contribution is 5.92. The lowest BCUT2D eigenvalue weighted by Gasteiger charge is -2.32. The molecular weight excluding hydrogens is 422 g/mol. The average molecular weight is 450 g/mol. The minimum Gasteiger partial charge on any atom is -0.464 e. The second-order valence-electron chi connectivity index (χ2n) is 8.30. The number of morpholine rings is 1. The van der Waals surface area contributed by atoms with E-state index in [1.165, 1.54) is 0 Å². The van der Waals surface area contributed by atoms with Gasteiger partial charge in [-0.1, -0.05) is 42.5 Å². The summed E-state index contributed by atoms with van der Waals surface area (Å²) < 4.78 is 23.3. The molecule has 2 aliphatic heterocycles. The van der Waals surface area contributed by atoms with Crippen LogP contribution in [0.4, 0.5) is 0 Å². The Morgan fingerprint density at radius 3 is 2.61 bits per heavy atom. The molecule has 172 valence electrons. The van der Waals surface area contributed by atoms with Crippen LogP contribution in [0.1, 0.15) is 29.0 Å². The molecule has 1 aromatic heterocycles. The normalized spacial score (nSPS) is 21.0. The Kier molecular flexibility index (Phi) is 6.44. The van der Waals surface area contributed by atoms with Crippen LogP contribution in [0, 0.1) is 0 Å². The molecule has 0 radical (unpaired) electrons. The van der Waals surface area contributed by atoms with Crippen LogP contribution >= 0.6 is 0 Å². The number of allylic oxidation sites excluding steroid dienone is 1. The lowest BCUT2D eigenvalue weighted by atomic mass is 9.92. The first kappa shape index (κ1) is 21.7. The number of furan rings is 1. The number of amides is 1. The van der Waals surface area contributed by atoms with Gasteiger partial charge >= 0.3 is 0 Å². The van der Waals surface area contributed by atoms with Crippen LogP contribution < -0.4 is 0 Å². The smallest absolute Gasteiger partial charge is 0.288 e. The summed E-state index contributed by atoms with van der Waals surface area (Å²) in [4.78, 5) is 15.0. The second kappa shape index (κ2) is 9.79. The maximum absolute atomic E-state index is 13.2. The van der Waals surface area contributed by atoms with Crippen molar-refractivity contribution < 1.29 is 28.5 Å². The first-order valence-electron chi connectivity index (χ1n) is 11.2. The van der Waals surface area contributed by atoms with Crippen LogP contribution in [0.25, 0.3) is 11.0 Å². The quantitative estimate of drug-likeness (QED) is 0.618. The van der Waals surface area contributed by atoms with Gasteiger partial charge in [-0.15, -0.1) is 0 Å². The van der Waals surface area contributed by atoms with E-state index in [4.69, 9.17) is 18.6 Å². The van der Waals surface area contributed by atoms with E-state index in [-0.39, 0.29) is 18.4 Å². The van der Waals surface area contributed by atoms with Crippen LogP contribution in [0.5, 0.6) is 0 Å². The van der Waals surface area contributed by atoms with E-state index < -0.39 is 6.29 Å². The van der Waals surface area contributed by atoms with Gasteiger partial charge in [-0.2, -0.15) is 0 Å². The fourth-order valence-electron chi connectivity index (χ4n) is 4.27. The summed E-state index contributed by atoms with van der Waals surface area (Å²) >= 11 is 0. The third kappa shape index (κ3) is 4.80. The highest BCUT2D eigenvalue weighted by atomic mass is 16.7. The number of ether oxygens (including phenoxy) is 3. The molecule has 1 fully saturated rings. The Labute approximate surface area is 192 Å². The molecular formula is C26H27NO6. The Bertz CT molecular complexity index is 1130. The number of para-hydroxylation sites is 1. The lowest BCUT2D eigenvalue weighted by Crippen LogP contribution is -2.43. The molecule has 2 aromatic carbocycles. The van der Waals surface area contributed by atoms with Crippen molar-refractivity contribution in [3.05, 3.63) is 83.3 Å². The summed E-state index contributed by atoms with van der Waals surface area (Å²) in [6.07, 6.45) is 3.65. The van der Waals surface area contributed by atoms with Gasteiger partial charge in [0, 0.05) is 36.4 Å². The molecule has 3 aromatic rings. The van der Waals surface area contributed by atoms with Gasteiger partial charge in [0.25, 0.3) is 5.91 Å². The number of carbonyl (C=O) groups excluding carboxylic acids is 1. The van der Waals surface area contributed by atoms with Crippen molar-refractivity contribution in [3.63, 3.8) is 0 Å². The minimum absolute atomic E-state index is 0.00498. The molecule has 7 heteroatoms. The van der Waals surface area contributed by atoms with E-state index in [0.29, 0.717) is 45.1 Å². The third-order valence-corrected chi connectivity index (χ3v) is 6.12. The van der Waals surface area contributed by atoms with Crippen molar-refractivity contribution in [2.75, 3.05) is 26.3 Å². The van der Waals surface area contributed by atoms with Gasteiger partial charge in [0.05, 0.1) is 32.7 Å². The van der Waals surface area contributed by atoms with Gasteiger partial charge in [0.1, 0.15) is 5.58 Å². The van der Waals surface area contributed by atoms with Gasteiger partial charge in [0.15, 0.2) is 5.76 Å². The third-order valence-electron chi connectivity index (χ3n) is 6.12. The average Bonchev–Trinajstić information content (AvgIpc) is 3.32. The summed E-state index contributed by atoms with van der Waals surface area (Å²) in [6, 6.07) is 15.5. The first-order valence-corrected chi connectivity index (χ1v) is 11.2. The van der Waals surface area contributed by atoms with Crippen molar-refractivity contribution >= 4 is 16.9 Å². The molecule has 1 saturated heterocycles. The molecule has 0 unspecified atom stereocenters. The SMILES string of the molecule is O=C(C1=C[C@@H](c2coc3ccccc23)C[C@@H](OCc2ccc(CO)cc2)O1)N1CCOCC1. The number of nitrogens with zero attached hydrogens (tertiary/aromatic N) is 1. The summed E-state index contributed by atoms with van der Waals surface area (Å²) in [5.41, 5.74) is 3.65. The van der Waals surface area contributed by atoms with Gasteiger partial charge in [-0.3, -0.25) is 4.79 Å². The zero-order valence-electron chi connectivity index (χ0n) is 18.3. The van der Waals surface area contributed by atoms with E-state index >= 15 is 0 Å². The van der Waals surface area contributed by atoms with E-state index in [2.05, 4.69) is 0 Å². The summed E-state index contributed by atoms with van der Waals surface area (Å²) in [5, 5.41) is 10.3. The number of benzene rings is 2. The molecule has 5 rings (SSSR count). The van der Waals surface area contributed by atoms with Gasteiger partial charge < -0.3 is 28.6 Å². The molecule has 1 N–H and O–H groups in total. The Balaban J connectivity index is 1.38. The molecule has 3 heterocycles. The summed E-state index contributed by atoms with van der Waals surface area (Å²) in [5.74, 6) is 0.0833. The van der Waals surface area contributed by atoms with Crippen LogP contribution in [-0.2, 0) is 32.2 Å². The van der Waals surface area contributed by atoms with Crippen LogP contribution in [0.2, 0.25) is 0 Å². The molecule has 0 aliphatic carbocycles. The monoisotopic (exact) mass is 449 g/mol. The summed E-state index contributed by atoms with van der Waals surface area (Å²) in [6.45, 7) is 2.49. The number of aliphatic hydroxyl groups is 1. The van der Waals surface area contributed by atoms with Gasteiger partial charge in [-0.05, 0) is 23.3 Å². The minimum atomic E-state index is -0.578. The summed E-state index contributed by atoms with van der Waals surface area (Å²) in [7, 11) is 0. The Morgan fingerprint density at radius 1 is 1.06 bits per heavy atom. The highest BCUT2D eigenvalue weighted by Crippen LogP contribution is 2.37. The maximum atomic E-state index is 13.2. The van der Waals surface area contributed by atoms with E-state index in [0.717, 1.165) is 27.7 Å². The standard InChI is InChI=1S/C26H27NO6/c28-15-18-5-7-19(8-6-18)16-32-25-14-20(22-17-31-23-4-2-1-3-21(22)23)13-24(33-25)26(29)27-9-11-30-12-10-27/h1-8,13,17,20,25,28H,9-12,14-16H2/t20-,25+/m1/s1. The number of fused-ring (bicyclic) bond motifs is 1. The zero-order valence-corrected chi connectivity index (χ0v) is 18.3. The van der Waals surface area contributed by atoms with E-state index in [9.17, 15) is 9.90 Å². The van der Waals surface area contributed by atoms with Crippen molar-refractivity contribution in [3.8, 4) is 0 Å². The van der Waals surface area contributed by atoms with Gasteiger partial charge in [-0.25, -0.2) is 0 Å². The van der Waals surface area contributed by atoms with Gasteiger partial charge in [0.2, 0.25) is 6.29 Å². The van der Waals surface area contributed by atoms with Crippen molar-refractivity contribution in [1.82, 2.24) is 4.90 Å². The number of carbonyl (C=O) groups is 1. The molecule has 0 bridgehead atoms. The first-order chi connectivity index (χ1) is 16.2. The van der Waals surface area contributed by atoms with Crippen molar-refractivity contribution in [1.29, 1.82) is 0 Å². The van der Waals surface area contributed by atoms with Crippen molar-refractivity contribution in [2.45, 2.75) is 31.8 Å². The van der Waals surface area contributed by atoms with Crippen LogP contribution in [0.15, 0.2) is 71.0 Å². The van der Waals surface area contributed by atoms with E-state index in [1.807, 2.05) is 54.6 Å². The molecule has 2 atom stereocenters. The molecule has 0 saturated carbocycles. The fourth-order valence-corrected chi connectivity index (χ4v) is 4.27. The number of hydrogen-bond acceptors (Lipinski definition) is 6. The highest BCUT2D eigenvalue weighted by Gasteiger charge is 2.32. The molecule has 0 spiro atoms.